The van der Waals surface area contributed by atoms with Crippen molar-refractivity contribution in [2.75, 3.05) is 18.0 Å². The van der Waals surface area contributed by atoms with Crippen LogP contribution in [0.2, 0.25) is 5.02 Å². The minimum atomic E-state index is -0.181. The van der Waals surface area contributed by atoms with E-state index in [1.54, 1.807) is 12.4 Å². The molecule has 0 aliphatic heterocycles. The van der Waals surface area contributed by atoms with Crippen LogP contribution in [0.1, 0.15) is 28.4 Å². The molecule has 0 radical (unpaired) electrons. The van der Waals surface area contributed by atoms with Gasteiger partial charge in [-0.1, -0.05) is 35.9 Å². The summed E-state index contributed by atoms with van der Waals surface area (Å²) in [5.74, 6) is 0.393. The minimum absolute atomic E-state index is 0.181. The van der Waals surface area contributed by atoms with Gasteiger partial charge in [0.15, 0.2) is 0 Å². The Bertz CT molecular complexity index is 926. The topological polar surface area (TPSA) is 58.1 Å². The van der Waals surface area contributed by atoms with Gasteiger partial charge in [-0.3, -0.25) is 4.79 Å². The third-order valence-corrected chi connectivity index (χ3v) is 4.64. The van der Waals surface area contributed by atoms with Gasteiger partial charge < -0.3 is 10.2 Å². The molecule has 1 heterocycles. The predicted molar refractivity (Wildman–Crippen MR) is 113 cm³/mol. The summed E-state index contributed by atoms with van der Waals surface area (Å²) in [6.45, 7) is 5.36. The molecule has 1 N–H and O–H groups in total. The first kappa shape index (κ1) is 19.8. The number of rotatable bonds is 7. The summed E-state index contributed by atoms with van der Waals surface area (Å²) >= 11 is 5.88. The van der Waals surface area contributed by atoms with Gasteiger partial charge in [0.1, 0.15) is 0 Å². The summed E-state index contributed by atoms with van der Waals surface area (Å²) in [5.41, 5.74) is 3.77. The van der Waals surface area contributed by atoms with Crippen molar-refractivity contribution < 1.29 is 4.79 Å². The molecule has 0 atom stereocenters. The highest BCUT2D eigenvalue weighted by molar-refractivity contribution is 6.30. The molecule has 0 spiro atoms. The Labute approximate surface area is 170 Å². The van der Waals surface area contributed by atoms with Gasteiger partial charge in [0.25, 0.3) is 5.91 Å². The number of anilines is 2. The number of hydrogen-bond donors (Lipinski definition) is 1. The molecule has 144 valence electrons. The summed E-state index contributed by atoms with van der Waals surface area (Å²) in [4.78, 5) is 23.1. The van der Waals surface area contributed by atoms with Crippen LogP contribution >= 0.6 is 11.6 Å². The maximum absolute atomic E-state index is 12.3. The number of nitrogens with one attached hydrogen (secondary N) is 1. The van der Waals surface area contributed by atoms with Crippen molar-refractivity contribution in [3.63, 3.8) is 0 Å². The zero-order valence-corrected chi connectivity index (χ0v) is 16.8. The van der Waals surface area contributed by atoms with E-state index in [4.69, 9.17) is 11.6 Å². The Morgan fingerprint density at radius 1 is 1.11 bits per heavy atom. The molecular weight excluding hydrogens is 372 g/mol. The number of nitrogens with zero attached hydrogens (tertiary/aromatic N) is 3. The average molecular weight is 395 g/mol. The lowest BCUT2D eigenvalue weighted by atomic mass is 10.1. The molecule has 1 aromatic heterocycles. The van der Waals surface area contributed by atoms with Gasteiger partial charge >= 0.3 is 0 Å². The molecular formula is C22H23ClN4O. The third kappa shape index (κ3) is 5.08. The summed E-state index contributed by atoms with van der Waals surface area (Å²) in [6, 6.07) is 15.8. The maximum Gasteiger partial charge on any atom is 0.254 e. The number of amides is 1. The summed E-state index contributed by atoms with van der Waals surface area (Å²) < 4.78 is 0. The molecule has 0 fully saturated rings. The van der Waals surface area contributed by atoms with Crippen LogP contribution in [-0.2, 0) is 6.42 Å². The highest BCUT2D eigenvalue weighted by Crippen LogP contribution is 2.22. The largest absolute Gasteiger partial charge is 0.352 e. The lowest BCUT2D eigenvalue weighted by molar-refractivity contribution is 0.0953. The van der Waals surface area contributed by atoms with Gasteiger partial charge in [0.2, 0.25) is 5.95 Å². The summed E-state index contributed by atoms with van der Waals surface area (Å²) in [6.07, 6.45) is 3.87. The molecule has 6 heteroatoms. The van der Waals surface area contributed by atoms with Crippen LogP contribution in [0.15, 0.2) is 60.9 Å². The van der Waals surface area contributed by atoms with Crippen molar-refractivity contribution in [1.82, 2.24) is 15.3 Å². The second-order valence-electron chi connectivity index (χ2n) is 6.49. The molecule has 2 aromatic carbocycles. The highest BCUT2D eigenvalue weighted by Gasteiger charge is 2.12. The molecule has 5 nitrogen and oxygen atoms in total. The molecule has 0 unspecified atom stereocenters. The highest BCUT2D eigenvalue weighted by atomic mass is 35.5. The third-order valence-electron chi connectivity index (χ3n) is 4.38. The Balaban J connectivity index is 1.61. The van der Waals surface area contributed by atoms with Crippen LogP contribution in [0.3, 0.4) is 0 Å². The minimum Gasteiger partial charge on any atom is -0.352 e. The molecule has 0 bridgehead atoms. The van der Waals surface area contributed by atoms with Crippen molar-refractivity contribution in [2.24, 2.45) is 0 Å². The normalized spacial score (nSPS) is 10.5. The van der Waals surface area contributed by atoms with Gasteiger partial charge in [-0.25, -0.2) is 9.97 Å². The van der Waals surface area contributed by atoms with E-state index in [0.29, 0.717) is 23.1 Å². The van der Waals surface area contributed by atoms with Gasteiger partial charge in [0, 0.05) is 36.2 Å². The molecule has 0 saturated heterocycles. The molecule has 0 aliphatic carbocycles. The van der Waals surface area contributed by atoms with Crippen LogP contribution in [0.25, 0.3) is 0 Å². The van der Waals surface area contributed by atoms with Crippen LogP contribution in [-0.4, -0.2) is 29.0 Å². The zero-order chi connectivity index (χ0) is 19.9. The van der Waals surface area contributed by atoms with E-state index in [9.17, 15) is 4.79 Å². The molecule has 0 aliphatic rings. The second kappa shape index (κ2) is 9.33. The maximum atomic E-state index is 12.3. The molecule has 3 aromatic rings. The van der Waals surface area contributed by atoms with E-state index in [-0.39, 0.29) is 5.91 Å². The van der Waals surface area contributed by atoms with Gasteiger partial charge in [-0.15, -0.1) is 0 Å². The van der Waals surface area contributed by atoms with Crippen LogP contribution < -0.4 is 10.2 Å². The summed E-state index contributed by atoms with van der Waals surface area (Å²) in [5, 5.41) is 3.60. The lowest BCUT2D eigenvalue weighted by Gasteiger charge is -2.21. The van der Waals surface area contributed by atoms with Crippen molar-refractivity contribution in [1.29, 1.82) is 0 Å². The predicted octanol–water partition coefficient (Wildman–Crippen LogP) is 4.57. The Morgan fingerprint density at radius 3 is 2.46 bits per heavy atom. The van der Waals surface area contributed by atoms with Gasteiger partial charge in [-0.2, -0.15) is 0 Å². The van der Waals surface area contributed by atoms with E-state index in [0.717, 1.165) is 24.2 Å². The number of aryl methyl sites for hydroxylation is 1. The van der Waals surface area contributed by atoms with Crippen LogP contribution in [0.5, 0.6) is 0 Å². The Morgan fingerprint density at radius 2 is 1.82 bits per heavy atom. The van der Waals surface area contributed by atoms with Gasteiger partial charge in [0.05, 0.1) is 5.56 Å². The fourth-order valence-corrected chi connectivity index (χ4v) is 3.01. The Hall–Kier alpha value is -2.92. The Kier molecular flexibility index (Phi) is 6.61. The van der Waals surface area contributed by atoms with Crippen molar-refractivity contribution in [3.8, 4) is 0 Å². The molecule has 0 saturated carbocycles. The van der Waals surface area contributed by atoms with Gasteiger partial charge in [-0.05, 0) is 55.7 Å². The number of hydrogen-bond acceptors (Lipinski definition) is 4. The first-order valence-electron chi connectivity index (χ1n) is 9.25. The van der Waals surface area contributed by atoms with Crippen LogP contribution in [0.4, 0.5) is 11.6 Å². The lowest BCUT2D eigenvalue weighted by Crippen LogP contribution is -2.26. The van der Waals surface area contributed by atoms with E-state index in [1.807, 2.05) is 48.2 Å². The first-order chi connectivity index (χ1) is 13.6. The average Bonchev–Trinajstić information content (AvgIpc) is 2.70. The number of carbonyl (C=O) groups excluding carboxylic acids is 1. The fourth-order valence-electron chi connectivity index (χ4n) is 2.89. The van der Waals surface area contributed by atoms with E-state index in [1.165, 1.54) is 5.56 Å². The number of carbonyl (C=O) groups is 1. The smallest absolute Gasteiger partial charge is 0.254 e. The second-order valence-corrected chi connectivity index (χ2v) is 6.92. The number of aromatic nitrogens is 2. The standard InChI is InChI=1S/C22H23ClN4O/c1-3-27(20-6-4-5-16(2)13-20)22-25-14-18(15-26-22)21(28)24-12-11-17-7-9-19(23)10-8-17/h4-10,13-15H,3,11-12H2,1-2H3,(H,24,28). The van der Waals surface area contributed by atoms with E-state index < -0.39 is 0 Å². The van der Waals surface area contributed by atoms with E-state index >= 15 is 0 Å². The van der Waals surface area contributed by atoms with Crippen molar-refractivity contribution in [2.45, 2.75) is 20.3 Å². The zero-order valence-electron chi connectivity index (χ0n) is 16.0. The number of halogens is 1. The first-order valence-corrected chi connectivity index (χ1v) is 9.63. The quantitative estimate of drug-likeness (QED) is 0.637. The van der Waals surface area contributed by atoms with Crippen molar-refractivity contribution in [3.05, 3.63) is 82.6 Å². The molecule has 3 rings (SSSR count). The van der Waals surface area contributed by atoms with Crippen LogP contribution in [0, 0.1) is 6.92 Å². The molecule has 28 heavy (non-hydrogen) atoms. The van der Waals surface area contributed by atoms with Crippen molar-refractivity contribution >= 4 is 29.1 Å². The monoisotopic (exact) mass is 394 g/mol. The SMILES string of the molecule is CCN(c1cccc(C)c1)c1ncc(C(=O)NCCc2ccc(Cl)cc2)cn1. The molecule has 1 amide bonds. The summed E-state index contributed by atoms with van der Waals surface area (Å²) in [7, 11) is 0. The fraction of sp³-hybridized carbons (Fsp3) is 0.227. The number of benzene rings is 2. The van der Waals surface area contributed by atoms with E-state index in [2.05, 4.69) is 34.3 Å².